The number of carbonyl (C=O) groups is 2. The molecule has 116 valence electrons. The van der Waals surface area contributed by atoms with Crippen LogP contribution in [0.5, 0.6) is 0 Å². The summed E-state index contributed by atoms with van der Waals surface area (Å²) < 4.78 is 10.6. The number of esters is 2. The van der Waals surface area contributed by atoms with E-state index in [0.717, 1.165) is 6.42 Å². The summed E-state index contributed by atoms with van der Waals surface area (Å²) in [5, 5.41) is 0. The first kappa shape index (κ1) is 17.0. The zero-order valence-electron chi connectivity index (χ0n) is 13.3. The molecule has 0 aliphatic heterocycles. The molecule has 4 heteroatoms. The van der Waals surface area contributed by atoms with E-state index in [1.165, 1.54) is 0 Å². The lowest BCUT2D eigenvalue weighted by Gasteiger charge is -2.15. The molecule has 0 aromatic rings. The summed E-state index contributed by atoms with van der Waals surface area (Å²) in [5.74, 6) is 0.221. The molecular weight excluding hydrogens is 256 g/mol. The lowest BCUT2D eigenvalue weighted by Crippen LogP contribution is -2.22. The molecule has 3 unspecified atom stereocenters. The van der Waals surface area contributed by atoms with Gasteiger partial charge in [-0.2, -0.15) is 0 Å². The van der Waals surface area contributed by atoms with Gasteiger partial charge in [-0.3, -0.25) is 9.59 Å². The predicted octanol–water partition coefficient (Wildman–Crippen LogP) is 3.05. The Morgan fingerprint density at radius 1 is 0.950 bits per heavy atom. The van der Waals surface area contributed by atoms with Gasteiger partial charge in [-0.15, -0.1) is 0 Å². The summed E-state index contributed by atoms with van der Waals surface area (Å²) in [6.45, 7) is 11.0. The molecule has 1 fully saturated rings. The minimum Gasteiger partial charge on any atom is -0.465 e. The molecule has 0 aromatic carbocycles. The van der Waals surface area contributed by atoms with E-state index in [9.17, 15) is 9.59 Å². The largest absolute Gasteiger partial charge is 0.465 e. The van der Waals surface area contributed by atoms with Crippen molar-refractivity contribution in [2.45, 2.75) is 47.5 Å². The first-order chi connectivity index (χ1) is 9.31. The Labute approximate surface area is 122 Å². The van der Waals surface area contributed by atoms with Gasteiger partial charge in [0.25, 0.3) is 0 Å². The van der Waals surface area contributed by atoms with Crippen molar-refractivity contribution in [2.75, 3.05) is 13.2 Å². The second-order valence-corrected chi connectivity index (χ2v) is 6.80. The van der Waals surface area contributed by atoms with E-state index in [-0.39, 0.29) is 29.7 Å². The molecule has 1 aliphatic carbocycles. The lowest BCUT2D eigenvalue weighted by atomic mass is 9.98. The van der Waals surface area contributed by atoms with E-state index < -0.39 is 0 Å². The Morgan fingerprint density at radius 3 is 1.95 bits per heavy atom. The Morgan fingerprint density at radius 2 is 1.45 bits per heavy atom. The van der Waals surface area contributed by atoms with Crippen molar-refractivity contribution in [1.82, 2.24) is 0 Å². The van der Waals surface area contributed by atoms with Gasteiger partial charge in [0.15, 0.2) is 0 Å². The van der Waals surface area contributed by atoms with Crippen molar-refractivity contribution in [1.29, 1.82) is 0 Å². The van der Waals surface area contributed by atoms with Crippen molar-refractivity contribution in [3.05, 3.63) is 0 Å². The van der Waals surface area contributed by atoms with Gasteiger partial charge in [-0.25, -0.2) is 0 Å². The molecule has 3 atom stereocenters. The zero-order valence-corrected chi connectivity index (χ0v) is 13.3. The van der Waals surface area contributed by atoms with Crippen molar-refractivity contribution >= 4 is 11.9 Å². The molecule has 0 amide bonds. The van der Waals surface area contributed by atoms with Gasteiger partial charge in [-0.05, 0) is 30.6 Å². The maximum atomic E-state index is 12.0. The van der Waals surface area contributed by atoms with Crippen molar-refractivity contribution < 1.29 is 19.1 Å². The zero-order chi connectivity index (χ0) is 15.3. The number of carbonyl (C=O) groups excluding carboxylic acids is 2. The highest BCUT2D eigenvalue weighted by atomic mass is 16.5. The van der Waals surface area contributed by atoms with E-state index in [4.69, 9.17) is 9.47 Å². The monoisotopic (exact) mass is 284 g/mol. The van der Waals surface area contributed by atoms with Gasteiger partial charge >= 0.3 is 11.9 Å². The lowest BCUT2D eigenvalue weighted by molar-refractivity contribution is -0.151. The van der Waals surface area contributed by atoms with E-state index in [1.54, 1.807) is 0 Å². The summed E-state index contributed by atoms with van der Waals surface area (Å²) in [6.07, 6.45) is 1.29. The quantitative estimate of drug-likeness (QED) is 0.703. The summed E-state index contributed by atoms with van der Waals surface area (Å²) in [4.78, 5) is 24.0. The van der Waals surface area contributed by atoms with Crippen molar-refractivity contribution in [3.8, 4) is 0 Å². The van der Waals surface area contributed by atoms with E-state index in [0.29, 0.717) is 31.5 Å². The molecule has 0 heterocycles. The third-order valence-corrected chi connectivity index (χ3v) is 3.64. The smallest absolute Gasteiger partial charge is 0.309 e. The standard InChI is InChI=1S/C16H28O4/c1-10(2)8-19-15(17)13-6-12(5)14(7-13)16(18)20-9-11(3)4/h10-14H,6-9H2,1-5H3. The average Bonchev–Trinajstić information content (AvgIpc) is 2.75. The topological polar surface area (TPSA) is 52.6 Å². The Bertz CT molecular complexity index is 335. The van der Waals surface area contributed by atoms with Crippen LogP contribution < -0.4 is 0 Å². The minimum atomic E-state index is -0.162. The predicted molar refractivity (Wildman–Crippen MR) is 77.0 cm³/mol. The van der Waals surface area contributed by atoms with Crippen molar-refractivity contribution in [3.63, 3.8) is 0 Å². The van der Waals surface area contributed by atoms with Gasteiger partial charge in [0.05, 0.1) is 25.0 Å². The van der Waals surface area contributed by atoms with E-state index in [2.05, 4.69) is 0 Å². The van der Waals surface area contributed by atoms with Crippen LogP contribution in [0.2, 0.25) is 0 Å². The van der Waals surface area contributed by atoms with Crippen LogP contribution in [0.3, 0.4) is 0 Å². The SMILES string of the molecule is CC(C)COC(=O)C1CC(C)C(C(=O)OCC(C)C)C1. The highest BCUT2D eigenvalue weighted by molar-refractivity contribution is 5.77. The maximum Gasteiger partial charge on any atom is 0.309 e. The fourth-order valence-corrected chi connectivity index (χ4v) is 2.49. The Kier molecular flexibility index (Phi) is 6.50. The van der Waals surface area contributed by atoms with E-state index >= 15 is 0 Å². The van der Waals surface area contributed by atoms with Crippen LogP contribution in [0.4, 0.5) is 0 Å². The number of ether oxygens (including phenoxy) is 2. The molecule has 0 radical (unpaired) electrons. The van der Waals surface area contributed by atoms with Crippen molar-refractivity contribution in [2.24, 2.45) is 29.6 Å². The summed E-state index contributed by atoms with van der Waals surface area (Å²) in [5.41, 5.74) is 0. The van der Waals surface area contributed by atoms with E-state index in [1.807, 2.05) is 34.6 Å². The van der Waals surface area contributed by atoms with Crippen LogP contribution in [0.15, 0.2) is 0 Å². The normalized spacial score (nSPS) is 26.1. The van der Waals surface area contributed by atoms with Gasteiger partial charge in [0.2, 0.25) is 0 Å². The second-order valence-electron chi connectivity index (χ2n) is 6.80. The molecule has 1 rings (SSSR count). The van der Waals surface area contributed by atoms with Crippen LogP contribution >= 0.6 is 0 Å². The fraction of sp³-hybridized carbons (Fsp3) is 0.875. The number of hydrogen-bond donors (Lipinski definition) is 0. The molecule has 1 saturated carbocycles. The number of rotatable bonds is 6. The summed E-state index contributed by atoms with van der Waals surface area (Å²) in [7, 11) is 0. The summed E-state index contributed by atoms with van der Waals surface area (Å²) >= 11 is 0. The maximum absolute atomic E-state index is 12.0. The average molecular weight is 284 g/mol. The fourth-order valence-electron chi connectivity index (χ4n) is 2.49. The molecule has 4 nitrogen and oxygen atoms in total. The van der Waals surface area contributed by atoms with Crippen LogP contribution in [0, 0.1) is 29.6 Å². The third-order valence-electron chi connectivity index (χ3n) is 3.64. The van der Waals surface area contributed by atoms with Crippen LogP contribution in [0.1, 0.15) is 47.5 Å². The minimum absolute atomic E-state index is 0.152. The van der Waals surface area contributed by atoms with Gasteiger partial charge in [0, 0.05) is 0 Å². The molecule has 0 aromatic heterocycles. The first-order valence-corrected chi connectivity index (χ1v) is 7.64. The first-order valence-electron chi connectivity index (χ1n) is 7.64. The molecular formula is C16H28O4. The molecule has 20 heavy (non-hydrogen) atoms. The third kappa shape index (κ3) is 5.14. The Hall–Kier alpha value is -1.06. The van der Waals surface area contributed by atoms with Crippen LogP contribution in [0.25, 0.3) is 0 Å². The molecule has 0 N–H and O–H groups in total. The molecule has 0 spiro atoms. The molecule has 1 aliphatic rings. The second kappa shape index (κ2) is 7.65. The molecule has 0 bridgehead atoms. The highest BCUT2D eigenvalue weighted by Crippen LogP contribution is 2.37. The Balaban J connectivity index is 2.45. The number of hydrogen-bond acceptors (Lipinski definition) is 4. The van der Waals surface area contributed by atoms with Crippen LogP contribution in [-0.2, 0) is 19.1 Å². The van der Waals surface area contributed by atoms with Crippen LogP contribution in [-0.4, -0.2) is 25.2 Å². The molecule has 0 saturated heterocycles. The van der Waals surface area contributed by atoms with Gasteiger partial charge < -0.3 is 9.47 Å². The van der Waals surface area contributed by atoms with Gasteiger partial charge in [-0.1, -0.05) is 34.6 Å². The highest BCUT2D eigenvalue weighted by Gasteiger charge is 2.41. The van der Waals surface area contributed by atoms with Gasteiger partial charge in [0.1, 0.15) is 0 Å². The summed E-state index contributed by atoms with van der Waals surface area (Å²) in [6, 6.07) is 0.